The lowest BCUT2D eigenvalue weighted by atomic mass is 9.27. The number of rotatable bonds is 7. The highest BCUT2D eigenvalue weighted by molar-refractivity contribution is 6.92. The third kappa shape index (κ3) is 5.30. The maximum absolute atomic E-state index is 7.41. The lowest BCUT2D eigenvalue weighted by Crippen LogP contribution is -2.69. The van der Waals surface area contributed by atoms with Crippen LogP contribution in [-0.4, -0.2) is 12.2 Å². The molecule has 3 aliphatic heterocycles. The number of fused-ring (bicyclic) bond motifs is 6. The molecule has 8 rings (SSSR count). The molecule has 2 unspecified atom stereocenters. The van der Waals surface area contributed by atoms with Crippen LogP contribution in [0.15, 0.2) is 78.4 Å². The van der Waals surface area contributed by atoms with E-state index in [1.807, 2.05) is 0 Å². The van der Waals surface area contributed by atoms with Gasteiger partial charge in [-0.15, -0.1) is 0 Å². The lowest BCUT2D eigenvalue weighted by Gasteiger charge is -2.49. The van der Waals surface area contributed by atoms with Gasteiger partial charge in [-0.05, 0) is 150 Å². The van der Waals surface area contributed by atoms with E-state index in [0.717, 1.165) is 18.6 Å². The van der Waals surface area contributed by atoms with Gasteiger partial charge in [-0.1, -0.05) is 97.2 Å². The van der Waals surface area contributed by atoms with Crippen molar-refractivity contribution in [1.82, 2.24) is 0 Å². The Hall–Kier alpha value is -4.18. The molecule has 0 bridgehead atoms. The monoisotopic (exact) mass is 688 g/mol. The van der Waals surface area contributed by atoms with E-state index in [-0.39, 0.29) is 23.6 Å². The number of hydrogen-bond donors (Lipinski definition) is 1. The Morgan fingerprint density at radius 2 is 1.67 bits per heavy atom. The Morgan fingerprint density at radius 1 is 0.904 bits per heavy atom. The summed E-state index contributed by atoms with van der Waals surface area (Å²) in [7, 11) is 0. The van der Waals surface area contributed by atoms with Crippen molar-refractivity contribution in [2.75, 3.05) is 10.2 Å². The molecule has 4 aromatic rings. The SMILES string of the molecule is CCCCC(C)(C)c1cc2c(cc1CC)OC1(C)B3c4cc(C(C)(C)C)ccc4N(c4ccc(C5=C(C)CC=C5)cc4C)c4cc(C)cc(c43)NC21. The number of unbranched alkanes of at least 4 members (excludes halogenated alkanes) is 1. The van der Waals surface area contributed by atoms with E-state index in [1.54, 1.807) is 0 Å². The molecule has 2 atom stereocenters. The molecule has 4 aromatic carbocycles. The second-order valence-corrected chi connectivity index (χ2v) is 18.1. The first-order valence-corrected chi connectivity index (χ1v) is 19.9. The number of benzene rings is 4. The van der Waals surface area contributed by atoms with Crippen molar-refractivity contribution in [2.24, 2.45) is 0 Å². The topological polar surface area (TPSA) is 24.5 Å². The molecule has 4 heteroatoms. The minimum atomic E-state index is -0.522. The van der Waals surface area contributed by atoms with Crippen LogP contribution in [0.25, 0.3) is 5.57 Å². The number of anilines is 4. The fourth-order valence-corrected chi connectivity index (χ4v) is 9.84. The van der Waals surface area contributed by atoms with Gasteiger partial charge in [0.15, 0.2) is 0 Å². The Morgan fingerprint density at radius 3 is 2.35 bits per heavy atom. The van der Waals surface area contributed by atoms with Crippen LogP contribution in [-0.2, 0) is 17.3 Å². The second kappa shape index (κ2) is 12.2. The first-order valence-electron chi connectivity index (χ1n) is 19.9. The van der Waals surface area contributed by atoms with Crippen LogP contribution in [0, 0.1) is 13.8 Å². The molecule has 0 spiro atoms. The van der Waals surface area contributed by atoms with Gasteiger partial charge in [0.25, 0.3) is 6.71 Å². The van der Waals surface area contributed by atoms with Gasteiger partial charge in [-0.2, -0.15) is 0 Å². The predicted octanol–water partition coefficient (Wildman–Crippen LogP) is 11.6. The summed E-state index contributed by atoms with van der Waals surface area (Å²) < 4.78 is 7.41. The summed E-state index contributed by atoms with van der Waals surface area (Å²) in [6, 6.07) is 24.1. The third-order valence-corrected chi connectivity index (χ3v) is 12.8. The highest BCUT2D eigenvalue weighted by Gasteiger charge is 2.60. The van der Waals surface area contributed by atoms with E-state index in [2.05, 4.69) is 159 Å². The fourth-order valence-electron chi connectivity index (χ4n) is 9.84. The zero-order chi connectivity index (χ0) is 36.9. The van der Waals surface area contributed by atoms with Crippen LogP contribution in [0.1, 0.15) is 133 Å². The van der Waals surface area contributed by atoms with Crippen molar-refractivity contribution in [1.29, 1.82) is 0 Å². The summed E-state index contributed by atoms with van der Waals surface area (Å²) >= 11 is 0. The molecule has 0 saturated carbocycles. The average Bonchev–Trinajstić information content (AvgIpc) is 3.65. The number of ether oxygens (including phenoxy) is 1. The van der Waals surface area contributed by atoms with Gasteiger partial charge in [-0.25, -0.2) is 0 Å². The molecule has 52 heavy (non-hydrogen) atoms. The van der Waals surface area contributed by atoms with Crippen LogP contribution in [0.3, 0.4) is 0 Å². The number of allylic oxidation sites excluding steroid dienone is 4. The maximum Gasteiger partial charge on any atom is 0.270 e. The Bertz CT molecular complexity index is 2180. The second-order valence-electron chi connectivity index (χ2n) is 18.1. The molecule has 0 saturated heterocycles. The number of aryl methyl sites for hydroxylation is 3. The zero-order valence-corrected chi connectivity index (χ0v) is 33.5. The van der Waals surface area contributed by atoms with Crippen molar-refractivity contribution in [2.45, 2.75) is 131 Å². The number of nitrogens with one attached hydrogen (secondary N) is 1. The van der Waals surface area contributed by atoms with Crippen molar-refractivity contribution >= 4 is 46.0 Å². The summed E-state index contributed by atoms with van der Waals surface area (Å²) in [6.07, 6.45) is 10.2. The molecule has 0 amide bonds. The Balaban J connectivity index is 1.34. The molecule has 0 radical (unpaired) electrons. The molecule has 3 heterocycles. The van der Waals surface area contributed by atoms with E-state index >= 15 is 0 Å². The molecule has 1 N–H and O–H groups in total. The minimum absolute atomic E-state index is 0.00983. The van der Waals surface area contributed by atoms with Crippen LogP contribution in [0.5, 0.6) is 5.75 Å². The van der Waals surface area contributed by atoms with Crippen LogP contribution >= 0.6 is 0 Å². The molecular formula is C48H57BN2O. The standard InChI is InChI=1S/C48H57BN2O/c1-12-14-22-47(9,10)37-28-36-43(26-32(37)13-2)52-48(11)45(36)50-39-23-29(3)24-42-44(39)49(48)38-27-34(46(6,7)8)19-21-41(38)51(42)40-20-18-33(25-31(40)5)35-17-15-16-30(35)4/h15,17-21,23-28,45,50H,12-14,16,22H2,1-11H3. The molecular weight excluding hydrogens is 631 g/mol. The predicted molar refractivity (Wildman–Crippen MR) is 224 cm³/mol. The van der Waals surface area contributed by atoms with Crippen molar-refractivity contribution in [3.63, 3.8) is 0 Å². The summed E-state index contributed by atoms with van der Waals surface area (Å²) in [5, 5.41) is 4.14. The summed E-state index contributed by atoms with van der Waals surface area (Å²) in [5.41, 5.74) is 19.5. The smallest absolute Gasteiger partial charge is 0.270 e. The first-order chi connectivity index (χ1) is 24.7. The first kappa shape index (κ1) is 34.9. The quantitative estimate of drug-likeness (QED) is 0.196. The van der Waals surface area contributed by atoms with Gasteiger partial charge in [0, 0.05) is 28.3 Å². The van der Waals surface area contributed by atoms with Gasteiger partial charge >= 0.3 is 0 Å². The number of hydrogen-bond acceptors (Lipinski definition) is 3. The van der Waals surface area contributed by atoms with Gasteiger partial charge in [-0.3, -0.25) is 0 Å². The van der Waals surface area contributed by atoms with Crippen LogP contribution in [0.2, 0.25) is 0 Å². The van der Waals surface area contributed by atoms with E-state index in [1.165, 1.54) is 103 Å². The van der Waals surface area contributed by atoms with E-state index in [4.69, 9.17) is 4.74 Å². The molecule has 1 aliphatic carbocycles. The van der Waals surface area contributed by atoms with Gasteiger partial charge in [0.1, 0.15) is 11.2 Å². The van der Waals surface area contributed by atoms with Crippen LogP contribution in [0.4, 0.5) is 22.7 Å². The normalized spacial score (nSPS) is 20.0. The third-order valence-electron chi connectivity index (χ3n) is 12.8. The summed E-state index contributed by atoms with van der Waals surface area (Å²) in [6.45, 7) is 25.7. The fraction of sp³-hybridized carbons (Fsp3) is 0.417. The highest BCUT2D eigenvalue weighted by Crippen LogP contribution is 2.54. The van der Waals surface area contributed by atoms with Gasteiger partial charge in [0.2, 0.25) is 0 Å². The Labute approximate surface area is 313 Å². The largest absolute Gasteiger partial charge is 0.492 e. The van der Waals surface area contributed by atoms with Crippen molar-refractivity contribution in [3.8, 4) is 5.75 Å². The molecule has 0 fully saturated rings. The van der Waals surface area contributed by atoms with E-state index < -0.39 is 5.50 Å². The maximum atomic E-state index is 7.41. The highest BCUT2D eigenvalue weighted by atomic mass is 16.5. The summed E-state index contributed by atoms with van der Waals surface area (Å²) in [4.78, 5) is 2.55. The summed E-state index contributed by atoms with van der Waals surface area (Å²) in [5.74, 6) is 1.05. The number of nitrogens with zero attached hydrogens (tertiary/aromatic N) is 1. The minimum Gasteiger partial charge on any atom is -0.492 e. The van der Waals surface area contributed by atoms with Gasteiger partial charge in [0.05, 0.1) is 6.04 Å². The molecule has 4 aliphatic rings. The zero-order valence-electron chi connectivity index (χ0n) is 33.5. The molecule has 3 nitrogen and oxygen atoms in total. The Kier molecular flexibility index (Phi) is 8.18. The van der Waals surface area contributed by atoms with Crippen molar-refractivity contribution in [3.05, 3.63) is 117 Å². The van der Waals surface area contributed by atoms with Crippen LogP contribution < -0.4 is 25.9 Å². The molecule has 0 aromatic heterocycles. The van der Waals surface area contributed by atoms with Gasteiger partial charge < -0.3 is 15.0 Å². The van der Waals surface area contributed by atoms with E-state index in [9.17, 15) is 0 Å². The average molecular weight is 689 g/mol. The lowest BCUT2D eigenvalue weighted by molar-refractivity contribution is 0.181. The molecule has 268 valence electrons. The van der Waals surface area contributed by atoms with E-state index in [0.29, 0.717) is 0 Å². The van der Waals surface area contributed by atoms with Crippen molar-refractivity contribution < 1.29 is 4.74 Å².